The highest BCUT2D eigenvalue weighted by molar-refractivity contribution is 8.03. The molecule has 2 unspecified atom stereocenters. The molecule has 0 radical (unpaired) electrons. The van der Waals surface area contributed by atoms with Crippen LogP contribution in [0, 0.1) is 55.4 Å². The van der Waals surface area contributed by atoms with Crippen LogP contribution in [0.2, 0.25) is 0 Å². The normalized spacial score (nSPS) is 17.6. The van der Waals surface area contributed by atoms with Crippen LogP contribution in [0.25, 0.3) is 44.5 Å². The zero-order valence-electron chi connectivity index (χ0n) is 64.0. The van der Waals surface area contributed by atoms with E-state index in [1.807, 2.05) is 47.0 Å². The van der Waals surface area contributed by atoms with Gasteiger partial charge in [0.05, 0.1) is 0 Å². The number of aromatic hydroxyl groups is 4. The molecule has 0 aliphatic heterocycles. The van der Waals surface area contributed by atoms with Gasteiger partial charge in [-0.25, -0.2) is 0 Å². The molecule has 8 heteroatoms. The topological polar surface area (TPSA) is 80.9 Å². The first kappa shape index (κ1) is 77.0. The minimum atomic E-state index is -0.267. The van der Waals surface area contributed by atoms with Gasteiger partial charge in [-0.05, 0) is 207 Å². The van der Waals surface area contributed by atoms with Crippen LogP contribution in [-0.2, 0) is 44.7 Å². The number of hydrogen-bond donors (Lipinski definition) is 4. The maximum absolute atomic E-state index is 12.8. The van der Waals surface area contributed by atoms with Gasteiger partial charge < -0.3 is 20.4 Å². The molecular formula is C92H118O4S4. The molecule has 10 rings (SSSR count). The molecule has 2 aliphatic carbocycles. The molecule has 2 aliphatic rings. The van der Waals surface area contributed by atoms with Crippen molar-refractivity contribution >= 4 is 47.0 Å². The summed E-state index contributed by atoms with van der Waals surface area (Å²) in [5.41, 5.74) is 25.9. The van der Waals surface area contributed by atoms with Gasteiger partial charge >= 0.3 is 0 Å². The summed E-state index contributed by atoms with van der Waals surface area (Å²) in [7, 11) is 0. The maximum atomic E-state index is 12.8. The fourth-order valence-electron chi connectivity index (χ4n) is 15.7. The summed E-state index contributed by atoms with van der Waals surface area (Å²) < 4.78 is 0. The number of benzene rings is 8. The van der Waals surface area contributed by atoms with Gasteiger partial charge in [-0.3, -0.25) is 0 Å². The first-order chi connectivity index (χ1) is 47.3. The highest BCUT2D eigenvalue weighted by Crippen LogP contribution is 2.50. The Morgan fingerprint density at radius 1 is 0.310 bits per heavy atom. The Morgan fingerprint density at radius 3 is 0.850 bits per heavy atom. The predicted octanol–water partition coefficient (Wildman–Crippen LogP) is 26.8. The van der Waals surface area contributed by atoms with E-state index in [4.69, 9.17) is 0 Å². The second-order valence-electron chi connectivity index (χ2n) is 33.6. The molecule has 0 saturated heterocycles. The lowest BCUT2D eigenvalue weighted by Crippen LogP contribution is -2.25. The van der Waals surface area contributed by atoms with Crippen LogP contribution in [0.1, 0.15) is 248 Å². The number of thioether (sulfide) groups is 4. The van der Waals surface area contributed by atoms with E-state index in [9.17, 15) is 20.4 Å². The summed E-state index contributed by atoms with van der Waals surface area (Å²) in [6.07, 6.45) is 16.2. The Balaban J connectivity index is 0.928. The van der Waals surface area contributed by atoms with Crippen molar-refractivity contribution < 1.29 is 20.4 Å². The van der Waals surface area contributed by atoms with E-state index in [1.165, 1.54) is 107 Å². The second-order valence-corrected chi connectivity index (χ2v) is 38.5. The third-order valence-electron chi connectivity index (χ3n) is 22.1. The molecule has 2 saturated carbocycles. The van der Waals surface area contributed by atoms with Crippen molar-refractivity contribution in [1.82, 2.24) is 0 Å². The summed E-state index contributed by atoms with van der Waals surface area (Å²) >= 11 is 8.14. The minimum absolute atomic E-state index is 0.0826. The van der Waals surface area contributed by atoms with Gasteiger partial charge in [0.25, 0.3) is 0 Å². The first-order valence-electron chi connectivity index (χ1n) is 37.5. The van der Waals surface area contributed by atoms with E-state index >= 15 is 0 Å². The van der Waals surface area contributed by atoms with E-state index in [0.29, 0.717) is 55.5 Å². The van der Waals surface area contributed by atoms with Gasteiger partial charge in [-0.2, -0.15) is 47.0 Å². The van der Waals surface area contributed by atoms with Crippen molar-refractivity contribution in [1.29, 1.82) is 0 Å². The third kappa shape index (κ3) is 18.6. The second kappa shape index (κ2) is 32.6. The van der Waals surface area contributed by atoms with E-state index in [-0.39, 0.29) is 21.7 Å². The molecule has 0 spiro atoms. The largest absolute Gasteiger partial charge is 0.507 e. The highest BCUT2D eigenvalue weighted by atomic mass is 32.2. The Morgan fingerprint density at radius 2 is 0.560 bits per heavy atom. The summed E-state index contributed by atoms with van der Waals surface area (Å²) in [5.74, 6) is 4.51. The van der Waals surface area contributed by atoms with Gasteiger partial charge in [0.2, 0.25) is 0 Å². The molecule has 0 aromatic heterocycles. The summed E-state index contributed by atoms with van der Waals surface area (Å²) in [6.45, 7) is 40.6. The van der Waals surface area contributed by atoms with E-state index in [0.717, 1.165) is 128 Å². The predicted molar refractivity (Wildman–Crippen MR) is 440 cm³/mol. The number of rotatable bonds is 21. The molecule has 8 aromatic carbocycles. The Kier molecular flexibility index (Phi) is 25.1. The molecule has 8 aromatic rings. The SMILES string of the molecule is Cc1cc(C)cc(-c2cc(C(C)(C)C)cc(CSC3CCCCCC[C@@H]3SCc3cc(C(C)(C)CCC(C)(C)c4cc(CSC5CCCCCC[C@@H]5SCc5cc(C(C)(C)C)cc(-c6c(C)cccc6C)c5O)c(O)c(-c5c(C)cccc5C)c4)cc(-c4cc(C)cc(C)c4)c3O)c2O)c1. The lowest BCUT2D eigenvalue weighted by Gasteiger charge is -2.34. The molecule has 4 atom stereocenters. The Labute approximate surface area is 621 Å². The van der Waals surface area contributed by atoms with Crippen molar-refractivity contribution in [2.45, 2.75) is 280 Å². The summed E-state index contributed by atoms with van der Waals surface area (Å²) in [6, 6.07) is 44.6. The quantitative estimate of drug-likeness (QED) is 0.0567. The molecule has 2 fully saturated rings. The van der Waals surface area contributed by atoms with Crippen molar-refractivity contribution in [3.05, 3.63) is 210 Å². The number of aryl methyl sites for hydroxylation is 8. The average Bonchev–Trinajstić information content (AvgIpc) is 0.779. The molecule has 0 heterocycles. The number of phenols is 4. The summed E-state index contributed by atoms with van der Waals surface area (Å²) in [4.78, 5) is 0. The van der Waals surface area contributed by atoms with Crippen LogP contribution in [-0.4, -0.2) is 41.4 Å². The lowest BCUT2D eigenvalue weighted by molar-refractivity contribution is 0.373. The third-order valence-corrected chi connectivity index (χ3v) is 28.3. The fourth-order valence-corrected chi connectivity index (χ4v) is 21.9. The van der Waals surface area contributed by atoms with E-state index in [2.05, 4.69) is 246 Å². The smallest absolute Gasteiger partial charge is 0.127 e. The van der Waals surface area contributed by atoms with Gasteiger partial charge in [-0.1, -0.05) is 240 Å². The zero-order valence-corrected chi connectivity index (χ0v) is 67.3. The molecular weight excluding hydrogens is 1300 g/mol. The lowest BCUT2D eigenvalue weighted by atomic mass is 9.71. The van der Waals surface area contributed by atoms with Crippen molar-refractivity contribution in [2.75, 3.05) is 0 Å². The zero-order chi connectivity index (χ0) is 72.2. The van der Waals surface area contributed by atoms with Crippen LogP contribution in [0.15, 0.2) is 121 Å². The highest BCUT2D eigenvalue weighted by Gasteiger charge is 2.34. The minimum Gasteiger partial charge on any atom is -0.507 e. The monoisotopic (exact) mass is 1410 g/mol. The van der Waals surface area contributed by atoms with Crippen molar-refractivity contribution in [2.24, 2.45) is 0 Å². The summed E-state index contributed by atoms with van der Waals surface area (Å²) in [5, 5.41) is 51.5. The van der Waals surface area contributed by atoms with E-state index < -0.39 is 0 Å². The number of phenolic OH excluding ortho intramolecular Hbond substituents is 4. The molecule has 534 valence electrons. The van der Waals surface area contributed by atoms with Gasteiger partial charge in [0.15, 0.2) is 0 Å². The molecule has 4 nitrogen and oxygen atoms in total. The van der Waals surface area contributed by atoms with Crippen molar-refractivity contribution in [3.8, 4) is 67.5 Å². The van der Waals surface area contributed by atoms with E-state index in [1.54, 1.807) is 0 Å². The van der Waals surface area contributed by atoms with Crippen LogP contribution in [0.5, 0.6) is 23.0 Å². The van der Waals surface area contributed by atoms with Gasteiger partial charge in [0.1, 0.15) is 23.0 Å². The molecule has 4 N–H and O–H groups in total. The fraction of sp³-hybridized carbons (Fsp3) is 0.478. The van der Waals surface area contributed by atoms with Crippen molar-refractivity contribution in [3.63, 3.8) is 0 Å². The first-order valence-corrected chi connectivity index (χ1v) is 41.7. The Bertz CT molecular complexity index is 4110. The molecule has 0 amide bonds. The molecule has 0 bridgehead atoms. The standard InChI is InChI=1S/C92H118O4S4/c1-57-39-58(2)42-65(41-57)75-49-71(89(9,10)11)45-67(85(75)93)53-97-79-33-23-19-21-25-35-81(79)99-55-69-47-73(51-76(86(69)94)66-43-59(3)40-60(4)44-66)91(15,16)37-38-92(17,18)74-48-70(88(96)78(52-74)84-63(7)31-28-32-64(84)8)56-100-82-36-26-22-20-24-34-80(82)98-54-68-46-72(90(12,13)14)50-77(87(68)95)83-61(5)29-27-30-62(83)6/h27-32,39-52,79-82,93-96H,19-26,33-38,53-56H2,1-18H3/t79?,80-,81-,82?/m0/s1. The Hall–Kier alpha value is -5.64. The molecule has 100 heavy (non-hydrogen) atoms. The van der Waals surface area contributed by atoms with Gasteiger partial charge in [0, 0.05) is 88.5 Å². The van der Waals surface area contributed by atoms with Crippen LogP contribution >= 0.6 is 47.0 Å². The van der Waals surface area contributed by atoms with Crippen LogP contribution in [0.4, 0.5) is 0 Å². The van der Waals surface area contributed by atoms with Crippen LogP contribution in [0.3, 0.4) is 0 Å². The number of hydrogen-bond acceptors (Lipinski definition) is 8. The van der Waals surface area contributed by atoms with Gasteiger partial charge in [-0.15, -0.1) is 0 Å². The van der Waals surface area contributed by atoms with Crippen LogP contribution < -0.4 is 0 Å². The maximum Gasteiger partial charge on any atom is 0.127 e. The average molecular weight is 1420 g/mol.